The Bertz CT molecular complexity index is 536. The molecule has 2 aromatic carbocycles. The predicted octanol–water partition coefficient (Wildman–Crippen LogP) is 5.86. The minimum absolute atomic E-state index is 0.348. The Morgan fingerprint density at radius 1 is 1.00 bits per heavy atom. The van der Waals surface area contributed by atoms with Crippen LogP contribution in [0.15, 0.2) is 53.0 Å². The molecule has 0 aromatic heterocycles. The van der Waals surface area contributed by atoms with E-state index in [1.807, 2.05) is 0 Å². The van der Waals surface area contributed by atoms with Gasteiger partial charge in [0.25, 0.3) is 0 Å². The average Bonchev–Trinajstić information content (AvgIpc) is 2.46. The van der Waals surface area contributed by atoms with E-state index in [0.29, 0.717) is 12.1 Å². The van der Waals surface area contributed by atoms with Crippen LogP contribution in [0.3, 0.4) is 0 Å². The quantitative estimate of drug-likeness (QED) is 0.571. The van der Waals surface area contributed by atoms with Crippen molar-refractivity contribution >= 4 is 38.5 Å². The molecule has 0 spiro atoms. The first-order valence-electron chi connectivity index (χ1n) is 6.87. The zero-order valence-electron chi connectivity index (χ0n) is 11.7. The minimum atomic E-state index is 0.348. The SMILES string of the molecule is CCC(NC(C)c1ccc(I)cc1)c1ccc(Br)cc1. The van der Waals surface area contributed by atoms with Crippen LogP contribution in [-0.4, -0.2) is 0 Å². The molecule has 0 aliphatic heterocycles. The molecule has 20 heavy (non-hydrogen) atoms. The molecule has 0 saturated heterocycles. The van der Waals surface area contributed by atoms with Crippen molar-refractivity contribution in [3.8, 4) is 0 Å². The molecular weight excluding hydrogens is 425 g/mol. The third-order valence-corrected chi connectivity index (χ3v) is 4.75. The van der Waals surface area contributed by atoms with E-state index in [9.17, 15) is 0 Å². The van der Waals surface area contributed by atoms with E-state index in [2.05, 4.69) is 106 Å². The van der Waals surface area contributed by atoms with Gasteiger partial charge in [-0.05, 0) is 71.3 Å². The lowest BCUT2D eigenvalue weighted by Crippen LogP contribution is -2.24. The van der Waals surface area contributed by atoms with E-state index in [4.69, 9.17) is 0 Å². The molecule has 1 nitrogen and oxygen atoms in total. The van der Waals surface area contributed by atoms with Gasteiger partial charge in [-0.1, -0.05) is 47.1 Å². The molecule has 2 aromatic rings. The maximum atomic E-state index is 3.72. The molecule has 0 saturated carbocycles. The standard InChI is InChI=1S/C17H19BrIN/c1-3-17(14-4-8-15(18)9-5-14)20-12(2)13-6-10-16(19)11-7-13/h4-12,17,20H,3H2,1-2H3. The Hall–Kier alpha value is -0.390. The van der Waals surface area contributed by atoms with E-state index in [1.54, 1.807) is 0 Å². The molecule has 0 heterocycles. The van der Waals surface area contributed by atoms with Crippen molar-refractivity contribution in [1.82, 2.24) is 5.32 Å². The summed E-state index contributed by atoms with van der Waals surface area (Å²) in [6.07, 6.45) is 1.08. The second-order valence-corrected chi connectivity index (χ2v) is 7.11. The third kappa shape index (κ3) is 4.30. The molecule has 0 fully saturated rings. The van der Waals surface area contributed by atoms with Crippen molar-refractivity contribution in [2.75, 3.05) is 0 Å². The van der Waals surface area contributed by atoms with Crippen molar-refractivity contribution < 1.29 is 0 Å². The van der Waals surface area contributed by atoms with Gasteiger partial charge in [-0.3, -0.25) is 0 Å². The van der Waals surface area contributed by atoms with Crippen LogP contribution in [0.2, 0.25) is 0 Å². The fraction of sp³-hybridized carbons (Fsp3) is 0.294. The van der Waals surface area contributed by atoms with Gasteiger partial charge in [-0.2, -0.15) is 0 Å². The second kappa shape index (κ2) is 7.57. The van der Waals surface area contributed by atoms with Gasteiger partial charge in [0.1, 0.15) is 0 Å². The molecule has 2 atom stereocenters. The topological polar surface area (TPSA) is 12.0 Å². The van der Waals surface area contributed by atoms with Crippen LogP contribution in [0.5, 0.6) is 0 Å². The molecule has 106 valence electrons. The molecule has 1 N–H and O–H groups in total. The van der Waals surface area contributed by atoms with Gasteiger partial charge < -0.3 is 5.32 Å². The second-order valence-electron chi connectivity index (χ2n) is 4.95. The molecule has 0 aliphatic carbocycles. The Labute approximate surface area is 143 Å². The molecular formula is C17H19BrIN. The zero-order valence-corrected chi connectivity index (χ0v) is 15.5. The lowest BCUT2D eigenvalue weighted by atomic mass is 10.0. The van der Waals surface area contributed by atoms with Gasteiger partial charge in [-0.25, -0.2) is 0 Å². The highest BCUT2D eigenvalue weighted by molar-refractivity contribution is 14.1. The van der Waals surface area contributed by atoms with Crippen molar-refractivity contribution in [2.24, 2.45) is 0 Å². The van der Waals surface area contributed by atoms with Gasteiger partial charge in [0, 0.05) is 20.1 Å². The average molecular weight is 444 g/mol. The summed E-state index contributed by atoms with van der Waals surface area (Å²) >= 11 is 5.83. The van der Waals surface area contributed by atoms with Gasteiger partial charge in [0.2, 0.25) is 0 Å². The van der Waals surface area contributed by atoms with Gasteiger partial charge in [0.15, 0.2) is 0 Å². The fourth-order valence-electron chi connectivity index (χ4n) is 2.29. The molecule has 0 amide bonds. The predicted molar refractivity (Wildman–Crippen MR) is 97.9 cm³/mol. The van der Waals surface area contributed by atoms with Crippen LogP contribution < -0.4 is 5.32 Å². The van der Waals surface area contributed by atoms with Crippen LogP contribution >= 0.6 is 38.5 Å². The maximum Gasteiger partial charge on any atom is 0.0323 e. The molecule has 2 unspecified atom stereocenters. The van der Waals surface area contributed by atoms with E-state index >= 15 is 0 Å². The highest BCUT2D eigenvalue weighted by atomic mass is 127. The van der Waals surface area contributed by atoms with E-state index in [-0.39, 0.29) is 0 Å². The normalized spacial score (nSPS) is 14.0. The Morgan fingerprint density at radius 2 is 1.55 bits per heavy atom. The van der Waals surface area contributed by atoms with Crippen LogP contribution in [0, 0.1) is 3.57 Å². The van der Waals surface area contributed by atoms with Crippen LogP contribution in [0.1, 0.15) is 43.5 Å². The molecule has 2 rings (SSSR count). The van der Waals surface area contributed by atoms with Crippen LogP contribution in [-0.2, 0) is 0 Å². The lowest BCUT2D eigenvalue weighted by Gasteiger charge is -2.23. The van der Waals surface area contributed by atoms with E-state index < -0.39 is 0 Å². The Kier molecular flexibility index (Phi) is 6.05. The first-order valence-corrected chi connectivity index (χ1v) is 8.74. The zero-order chi connectivity index (χ0) is 14.5. The van der Waals surface area contributed by atoms with E-state index in [1.165, 1.54) is 14.7 Å². The number of halogens is 2. The molecule has 0 aliphatic rings. The van der Waals surface area contributed by atoms with Crippen LogP contribution in [0.4, 0.5) is 0 Å². The third-order valence-electron chi connectivity index (χ3n) is 3.50. The summed E-state index contributed by atoms with van der Waals surface area (Å²) in [6, 6.07) is 18.0. The minimum Gasteiger partial charge on any atom is -0.303 e. The van der Waals surface area contributed by atoms with Crippen molar-refractivity contribution in [1.29, 1.82) is 0 Å². The highest BCUT2D eigenvalue weighted by Crippen LogP contribution is 2.24. The van der Waals surface area contributed by atoms with Crippen molar-refractivity contribution in [3.05, 3.63) is 67.7 Å². The fourth-order valence-corrected chi connectivity index (χ4v) is 2.92. The number of hydrogen-bond acceptors (Lipinski definition) is 1. The van der Waals surface area contributed by atoms with Gasteiger partial charge in [-0.15, -0.1) is 0 Å². The summed E-state index contributed by atoms with van der Waals surface area (Å²) in [6.45, 7) is 4.45. The Morgan fingerprint density at radius 3 is 2.10 bits per heavy atom. The summed E-state index contributed by atoms with van der Waals surface area (Å²) in [5.41, 5.74) is 2.68. The van der Waals surface area contributed by atoms with Gasteiger partial charge in [0.05, 0.1) is 0 Å². The molecule has 0 bridgehead atoms. The van der Waals surface area contributed by atoms with Crippen LogP contribution in [0.25, 0.3) is 0 Å². The largest absolute Gasteiger partial charge is 0.303 e. The summed E-state index contributed by atoms with van der Waals surface area (Å²) in [5.74, 6) is 0. The number of rotatable bonds is 5. The summed E-state index contributed by atoms with van der Waals surface area (Å²) in [7, 11) is 0. The first-order chi connectivity index (χ1) is 9.60. The first kappa shape index (κ1) is 16.0. The van der Waals surface area contributed by atoms with E-state index in [0.717, 1.165) is 10.9 Å². The smallest absolute Gasteiger partial charge is 0.0323 e. The van der Waals surface area contributed by atoms with Gasteiger partial charge >= 0.3 is 0 Å². The number of benzene rings is 2. The summed E-state index contributed by atoms with van der Waals surface area (Å²) in [5, 5.41) is 3.72. The molecule has 3 heteroatoms. The number of hydrogen-bond donors (Lipinski definition) is 1. The lowest BCUT2D eigenvalue weighted by molar-refractivity contribution is 0.456. The number of nitrogens with one attached hydrogen (secondary N) is 1. The van der Waals surface area contributed by atoms with Crippen molar-refractivity contribution in [3.63, 3.8) is 0 Å². The summed E-state index contributed by atoms with van der Waals surface area (Å²) in [4.78, 5) is 0. The maximum absolute atomic E-state index is 3.72. The Balaban J connectivity index is 2.09. The molecule has 0 radical (unpaired) electrons. The monoisotopic (exact) mass is 443 g/mol. The summed E-state index contributed by atoms with van der Waals surface area (Å²) < 4.78 is 2.40. The highest BCUT2D eigenvalue weighted by Gasteiger charge is 2.13. The van der Waals surface area contributed by atoms with Crippen molar-refractivity contribution in [2.45, 2.75) is 32.4 Å².